The van der Waals surface area contributed by atoms with Gasteiger partial charge in [0.05, 0.1) is 17.0 Å². The Morgan fingerprint density at radius 2 is 2.19 bits per heavy atom. The Balaban J connectivity index is 2.64. The van der Waals surface area contributed by atoms with Gasteiger partial charge in [-0.2, -0.15) is 0 Å². The molecule has 1 saturated heterocycles. The second-order valence-electron chi connectivity index (χ2n) is 4.73. The number of carbonyl (C=O) groups is 1. The lowest BCUT2D eigenvalue weighted by Crippen LogP contribution is -2.50. The zero-order valence-electron chi connectivity index (χ0n) is 9.82. The van der Waals surface area contributed by atoms with Gasteiger partial charge in [0.25, 0.3) is 0 Å². The Bertz CT molecular complexity index is 362. The highest BCUT2D eigenvalue weighted by atomic mass is 32.2. The highest BCUT2D eigenvalue weighted by molar-refractivity contribution is 7.91. The van der Waals surface area contributed by atoms with Crippen LogP contribution in [0, 0.1) is 5.92 Å². The number of carbonyl (C=O) groups excluding carboxylic acids is 1. The molecule has 5 nitrogen and oxygen atoms in total. The van der Waals surface area contributed by atoms with Crippen LogP contribution in [0.15, 0.2) is 0 Å². The lowest BCUT2D eigenvalue weighted by atomic mass is 9.99. The zero-order chi connectivity index (χ0) is 12.4. The van der Waals surface area contributed by atoms with Crippen LogP contribution >= 0.6 is 0 Å². The minimum absolute atomic E-state index is 0.0345. The molecular formula is C10H20N2O3S. The first kappa shape index (κ1) is 13.4. The Labute approximate surface area is 96.7 Å². The van der Waals surface area contributed by atoms with E-state index in [1.54, 1.807) is 6.92 Å². The van der Waals surface area contributed by atoms with Crippen molar-refractivity contribution in [1.29, 1.82) is 0 Å². The SMILES string of the molecule is CCC(CN)C(=O)NC1(C)CCS(=O)(=O)C1. The molecule has 0 aliphatic carbocycles. The molecule has 2 atom stereocenters. The van der Waals surface area contributed by atoms with Gasteiger partial charge in [-0.1, -0.05) is 6.92 Å². The molecule has 0 aromatic carbocycles. The molecule has 1 amide bonds. The third kappa shape index (κ3) is 3.18. The van der Waals surface area contributed by atoms with E-state index in [-0.39, 0.29) is 23.3 Å². The van der Waals surface area contributed by atoms with Crippen molar-refractivity contribution >= 4 is 15.7 Å². The molecule has 0 aromatic heterocycles. The van der Waals surface area contributed by atoms with Crippen LogP contribution in [0.2, 0.25) is 0 Å². The summed E-state index contributed by atoms with van der Waals surface area (Å²) in [7, 11) is -2.98. The van der Waals surface area contributed by atoms with Crippen molar-refractivity contribution in [3.05, 3.63) is 0 Å². The van der Waals surface area contributed by atoms with Crippen molar-refractivity contribution in [3.8, 4) is 0 Å². The number of rotatable bonds is 4. The molecule has 0 radical (unpaired) electrons. The second kappa shape index (κ2) is 4.71. The van der Waals surface area contributed by atoms with Crippen molar-refractivity contribution in [2.45, 2.75) is 32.2 Å². The van der Waals surface area contributed by atoms with Crippen LogP contribution in [-0.2, 0) is 14.6 Å². The van der Waals surface area contributed by atoms with Gasteiger partial charge in [-0.3, -0.25) is 4.79 Å². The third-order valence-corrected chi connectivity index (χ3v) is 4.98. The summed E-state index contributed by atoms with van der Waals surface area (Å²) in [5, 5.41) is 2.81. The number of hydrogen-bond acceptors (Lipinski definition) is 4. The quantitative estimate of drug-likeness (QED) is 0.712. The number of amides is 1. The Kier molecular flexibility index (Phi) is 3.96. The van der Waals surface area contributed by atoms with Crippen LogP contribution < -0.4 is 11.1 Å². The van der Waals surface area contributed by atoms with E-state index >= 15 is 0 Å². The summed E-state index contributed by atoms with van der Waals surface area (Å²) in [5.74, 6) is -0.166. The van der Waals surface area contributed by atoms with Gasteiger partial charge in [-0.15, -0.1) is 0 Å². The largest absolute Gasteiger partial charge is 0.350 e. The standard InChI is InChI=1S/C10H20N2O3S/c1-3-8(6-11)9(13)12-10(2)4-5-16(14,15)7-10/h8H,3-7,11H2,1-2H3,(H,12,13). The molecule has 1 rings (SSSR count). The summed E-state index contributed by atoms with van der Waals surface area (Å²) >= 11 is 0. The normalized spacial score (nSPS) is 29.9. The summed E-state index contributed by atoms with van der Waals surface area (Å²) in [6.45, 7) is 3.97. The van der Waals surface area contributed by atoms with Crippen molar-refractivity contribution < 1.29 is 13.2 Å². The molecule has 0 bridgehead atoms. The molecule has 6 heteroatoms. The first-order valence-electron chi connectivity index (χ1n) is 5.54. The second-order valence-corrected chi connectivity index (χ2v) is 6.92. The summed E-state index contributed by atoms with van der Waals surface area (Å²) in [4.78, 5) is 11.8. The first-order valence-corrected chi connectivity index (χ1v) is 7.36. The van der Waals surface area contributed by atoms with Gasteiger partial charge >= 0.3 is 0 Å². The number of sulfone groups is 1. The topological polar surface area (TPSA) is 89.3 Å². The van der Waals surface area contributed by atoms with Gasteiger partial charge < -0.3 is 11.1 Å². The first-order chi connectivity index (χ1) is 7.32. The summed E-state index contributed by atoms with van der Waals surface area (Å²) in [6.07, 6.45) is 1.16. The fourth-order valence-corrected chi connectivity index (χ4v) is 4.06. The van der Waals surface area contributed by atoms with Gasteiger partial charge in [-0.25, -0.2) is 8.42 Å². The van der Waals surface area contributed by atoms with E-state index in [4.69, 9.17) is 5.73 Å². The van der Waals surface area contributed by atoms with Crippen LogP contribution in [0.1, 0.15) is 26.7 Å². The van der Waals surface area contributed by atoms with Crippen molar-refractivity contribution in [2.24, 2.45) is 11.7 Å². The van der Waals surface area contributed by atoms with Crippen molar-refractivity contribution in [2.75, 3.05) is 18.1 Å². The average Bonchev–Trinajstić information content (AvgIpc) is 2.42. The lowest BCUT2D eigenvalue weighted by Gasteiger charge is -2.26. The molecule has 0 spiro atoms. The molecule has 1 heterocycles. The minimum atomic E-state index is -2.98. The predicted octanol–water partition coefficient (Wildman–Crippen LogP) is -0.335. The smallest absolute Gasteiger partial charge is 0.224 e. The highest BCUT2D eigenvalue weighted by Crippen LogP contribution is 2.23. The third-order valence-electron chi connectivity index (χ3n) is 3.08. The minimum Gasteiger partial charge on any atom is -0.350 e. The van der Waals surface area contributed by atoms with Gasteiger partial charge in [0.2, 0.25) is 5.91 Å². The number of nitrogens with one attached hydrogen (secondary N) is 1. The fourth-order valence-electron chi connectivity index (χ4n) is 1.97. The van der Waals surface area contributed by atoms with Crippen LogP contribution in [0.5, 0.6) is 0 Å². The molecule has 1 aliphatic rings. The maximum atomic E-state index is 11.8. The molecule has 94 valence electrons. The maximum Gasteiger partial charge on any atom is 0.224 e. The molecule has 1 fully saturated rings. The molecule has 3 N–H and O–H groups in total. The Hall–Kier alpha value is -0.620. The van der Waals surface area contributed by atoms with E-state index in [0.717, 1.165) is 0 Å². The van der Waals surface area contributed by atoms with E-state index in [2.05, 4.69) is 5.32 Å². The molecule has 2 unspecified atom stereocenters. The van der Waals surface area contributed by atoms with E-state index in [1.807, 2.05) is 6.92 Å². The van der Waals surface area contributed by atoms with Crippen LogP contribution in [-0.4, -0.2) is 37.9 Å². The summed E-state index contributed by atoms with van der Waals surface area (Å²) in [5.41, 5.74) is 4.86. The monoisotopic (exact) mass is 248 g/mol. The van der Waals surface area contributed by atoms with Crippen LogP contribution in [0.3, 0.4) is 0 Å². The fraction of sp³-hybridized carbons (Fsp3) is 0.900. The van der Waals surface area contributed by atoms with E-state index in [0.29, 0.717) is 19.4 Å². The van der Waals surface area contributed by atoms with Crippen molar-refractivity contribution in [3.63, 3.8) is 0 Å². The average molecular weight is 248 g/mol. The molecule has 1 aliphatic heterocycles. The predicted molar refractivity (Wildman–Crippen MR) is 62.7 cm³/mol. The highest BCUT2D eigenvalue weighted by Gasteiger charge is 2.40. The molecular weight excluding hydrogens is 228 g/mol. The summed E-state index contributed by atoms with van der Waals surface area (Å²) < 4.78 is 22.7. The molecule has 0 saturated carbocycles. The van der Waals surface area contributed by atoms with Gasteiger partial charge in [0.1, 0.15) is 0 Å². The maximum absolute atomic E-state index is 11.8. The zero-order valence-corrected chi connectivity index (χ0v) is 10.6. The van der Waals surface area contributed by atoms with Gasteiger partial charge in [0, 0.05) is 12.5 Å². The molecule has 0 aromatic rings. The van der Waals surface area contributed by atoms with Crippen molar-refractivity contribution in [1.82, 2.24) is 5.32 Å². The Morgan fingerprint density at radius 3 is 2.56 bits per heavy atom. The lowest BCUT2D eigenvalue weighted by molar-refractivity contribution is -0.126. The van der Waals surface area contributed by atoms with E-state index in [1.165, 1.54) is 0 Å². The van der Waals surface area contributed by atoms with E-state index in [9.17, 15) is 13.2 Å². The molecule has 16 heavy (non-hydrogen) atoms. The Morgan fingerprint density at radius 1 is 1.56 bits per heavy atom. The number of hydrogen-bond donors (Lipinski definition) is 2. The van der Waals surface area contributed by atoms with Crippen LogP contribution in [0.25, 0.3) is 0 Å². The van der Waals surface area contributed by atoms with Gasteiger partial charge in [0.15, 0.2) is 9.84 Å². The van der Waals surface area contributed by atoms with Crippen LogP contribution in [0.4, 0.5) is 0 Å². The van der Waals surface area contributed by atoms with E-state index < -0.39 is 15.4 Å². The summed E-state index contributed by atoms with van der Waals surface area (Å²) in [6, 6.07) is 0. The van der Waals surface area contributed by atoms with Gasteiger partial charge in [-0.05, 0) is 19.8 Å². The number of nitrogens with two attached hydrogens (primary N) is 1.